The number of carbonyl (C=O) groups is 2. The highest BCUT2D eigenvalue weighted by molar-refractivity contribution is 6.08. The Morgan fingerprint density at radius 1 is 1.16 bits per heavy atom. The zero-order valence-corrected chi connectivity index (χ0v) is 14.7. The summed E-state index contributed by atoms with van der Waals surface area (Å²) in [6.07, 6.45) is 1.58. The van der Waals surface area contributed by atoms with Crippen molar-refractivity contribution in [2.24, 2.45) is 5.92 Å². The highest BCUT2D eigenvalue weighted by Crippen LogP contribution is 2.30. The molecule has 3 rings (SSSR count). The van der Waals surface area contributed by atoms with Gasteiger partial charge in [0.05, 0.1) is 19.6 Å². The van der Waals surface area contributed by atoms with E-state index in [2.05, 4.69) is 0 Å². The van der Waals surface area contributed by atoms with E-state index >= 15 is 0 Å². The third-order valence-corrected chi connectivity index (χ3v) is 4.66. The van der Waals surface area contributed by atoms with Crippen LogP contribution in [0.5, 0.6) is 5.75 Å². The molecule has 1 saturated heterocycles. The van der Waals surface area contributed by atoms with Crippen LogP contribution < -0.4 is 4.74 Å². The molecule has 1 fully saturated rings. The fourth-order valence-electron chi connectivity index (χ4n) is 3.42. The van der Waals surface area contributed by atoms with E-state index in [-0.39, 0.29) is 17.8 Å². The second-order valence-electron chi connectivity index (χ2n) is 6.20. The van der Waals surface area contributed by atoms with Gasteiger partial charge in [-0.2, -0.15) is 0 Å². The number of nitrogens with zero attached hydrogens (tertiary/aromatic N) is 1. The third kappa shape index (κ3) is 3.45. The van der Waals surface area contributed by atoms with Gasteiger partial charge >= 0.3 is 5.97 Å². The number of hydrogen-bond donors (Lipinski definition) is 0. The summed E-state index contributed by atoms with van der Waals surface area (Å²) in [7, 11) is 1.62. The Kier molecular flexibility index (Phi) is 5.22. The number of hydrogen-bond acceptors (Lipinski definition) is 4. The molecule has 0 spiro atoms. The maximum Gasteiger partial charge on any atom is 0.310 e. The molecule has 0 bridgehead atoms. The Bertz CT molecular complexity index is 786. The topological polar surface area (TPSA) is 55.8 Å². The molecule has 25 heavy (non-hydrogen) atoms. The van der Waals surface area contributed by atoms with Gasteiger partial charge in [-0.1, -0.05) is 24.3 Å². The number of piperidine rings is 1. The molecule has 1 amide bonds. The van der Waals surface area contributed by atoms with Crippen LogP contribution in [0, 0.1) is 5.92 Å². The molecule has 1 atom stereocenters. The highest BCUT2D eigenvalue weighted by Gasteiger charge is 2.30. The van der Waals surface area contributed by atoms with Gasteiger partial charge < -0.3 is 14.4 Å². The van der Waals surface area contributed by atoms with E-state index in [0.717, 1.165) is 29.4 Å². The van der Waals surface area contributed by atoms with Crippen LogP contribution in [0.1, 0.15) is 30.1 Å². The molecule has 0 N–H and O–H groups in total. The first-order valence-corrected chi connectivity index (χ1v) is 8.67. The molecular weight excluding hydrogens is 318 g/mol. The maximum atomic E-state index is 13.1. The molecule has 5 nitrogen and oxygen atoms in total. The van der Waals surface area contributed by atoms with E-state index in [4.69, 9.17) is 9.47 Å². The quantitative estimate of drug-likeness (QED) is 0.801. The molecule has 0 aromatic heterocycles. The molecule has 1 aliphatic heterocycles. The summed E-state index contributed by atoms with van der Waals surface area (Å²) in [5.74, 6) is 0.254. The lowest BCUT2D eigenvalue weighted by Crippen LogP contribution is -2.42. The number of esters is 1. The summed E-state index contributed by atoms with van der Waals surface area (Å²) in [6.45, 7) is 3.24. The summed E-state index contributed by atoms with van der Waals surface area (Å²) >= 11 is 0. The first-order valence-electron chi connectivity index (χ1n) is 8.67. The Hall–Kier alpha value is -2.56. The average molecular weight is 341 g/mol. The smallest absolute Gasteiger partial charge is 0.310 e. The number of likely N-dealkylation sites (tertiary alicyclic amines) is 1. The van der Waals surface area contributed by atoms with Crippen molar-refractivity contribution in [2.45, 2.75) is 19.8 Å². The van der Waals surface area contributed by atoms with Crippen LogP contribution in [-0.4, -0.2) is 43.6 Å². The van der Waals surface area contributed by atoms with Crippen LogP contribution in [0.3, 0.4) is 0 Å². The fourth-order valence-corrected chi connectivity index (χ4v) is 3.42. The molecule has 132 valence electrons. The number of carbonyl (C=O) groups excluding carboxylic acids is 2. The van der Waals surface area contributed by atoms with Gasteiger partial charge in [0.2, 0.25) is 0 Å². The largest absolute Gasteiger partial charge is 0.496 e. The molecule has 5 heteroatoms. The molecule has 0 saturated carbocycles. The predicted octanol–water partition coefficient (Wildman–Crippen LogP) is 3.26. The molecular formula is C20H23NO4. The maximum absolute atomic E-state index is 13.1. The van der Waals surface area contributed by atoms with E-state index in [1.54, 1.807) is 25.0 Å². The molecule has 2 aromatic carbocycles. The van der Waals surface area contributed by atoms with Gasteiger partial charge in [0.1, 0.15) is 5.75 Å². The summed E-state index contributed by atoms with van der Waals surface area (Å²) in [5, 5.41) is 1.78. The second-order valence-corrected chi connectivity index (χ2v) is 6.20. The summed E-state index contributed by atoms with van der Waals surface area (Å²) in [5.41, 5.74) is 0.640. The van der Waals surface area contributed by atoms with Crippen LogP contribution >= 0.6 is 0 Å². The number of benzene rings is 2. The van der Waals surface area contributed by atoms with Crippen molar-refractivity contribution in [1.29, 1.82) is 0 Å². The Morgan fingerprint density at radius 3 is 2.64 bits per heavy atom. The van der Waals surface area contributed by atoms with Gasteiger partial charge in [0, 0.05) is 24.0 Å². The predicted molar refractivity (Wildman–Crippen MR) is 95.8 cm³/mol. The lowest BCUT2D eigenvalue weighted by atomic mass is 9.96. The van der Waals surface area contributed by atoms with Crippen LogP contribution in [0.25, 0.3) is 10.8 Å². The number of methoxy groups -OCH3 is 1. The number of rotatable bonds is 4. The molecule has 1 heterocycles. The van der Waals surface area contributed by atoms with Crippen molar-refractivity contribution < 1.29 is 19.1 Å². The van der Waals surface area contributed by atoms with E-state index < -0.39 is 0 Å². The summed E-state index contributed by atoms with van der Waals surface area (Å²) < 4.78 is 10.5. The molecule has 2 aromatic rings. The van der Waals surface area contributed by atoms with E-state index in [0.29, 0.717) is 25.3 Å². The van der Waals surface area contributed by atoms with Crippen molar-refractivity contribution >= 4 is 22.6 Å². The molecule has 1 aliphatic rings. The van der Waals surface area contributed by atoms with Crippen LogP contribution in [0.15, 0.2) is 36.4 Å². The number of amides is 1. The SMILES string of the molecule is CCOC(=O)C1CCCN(C(=O)c2ccc(OC)c3ccccc23)C1. The minimum atomic E-state index is -0.234. The van der Waals surface area contributed by atoms with E-state index in [9.17, 15) is 9.59 Å². The first kappa shape index (κ1) is 17.3. The monoisotopic (exact) mass is 341 g/mol. The van der Waals surface area contributed by atoms with Crippen LogP contribution in [-0.2, 0) is 9.53 Å². The standard InChI is InChI=1S/C20H23NO4/c1-3-25-20(23)14-7-6-12-21(13-14)19(22)17-10-11-18(24-2)16-9-5-4-8-15(16)17/h4-5,8-11,14H,3,6-7,12-13H2,1-2H3. The molecule has 0 aliphatic carbocycles. The number of fused-ring (bicyclic) bond motifs is 1. The normalized spacial score (nSPS) is 17.4. The Labute approximate surface area is 147 Å². The number of ether oxygens (including phenoxy) is 2. The third-order valence-electron chi connectivity index (χ3n) is 4.66. The van der Waals surface area contributed by atoms with Gasteiger partial charge in [-0.05, 0) is 37.3 Å². The Morgan fingerprint density at radius 2 is 1.92 bits per heavy atom. The van der Waals surface area contributed by atoms with Gasteiger partial charge in [0.15, 0.2) is 0 Å². The molecule has 1 unspecified atom stereocenters. The summed E-state index contributed by atoms with van der Waals surface area (Å²) in [4.78, 5) is 26.9. The van der Waals surface area contributed by atoms with Gasteiger partial charge in [0.25, 0.3) is 5.91 Å². The first-order chi connectivity index (χ1) is 12.2. The molecule has 0 radical (unpaired) electrons. The highest BCUT2D eigenvalue weighted by atomic mass is 16.5. The minimum absolute atomic E-state index is 0.0483. The van der Waals surface area contributed by atoms with Crippen molar-refractivity contribution in [3.8, 4) is 5.75 Å². The lowest BCUT2D eigenvalue weighted by Gasteiger charge is -2.32. The van der Waals surface area contributed by atoms with Gasteiger partial charge in [-0.15, -0.1) is 0 Å². The van der Waals surface area contributed by atoms with Crippen molar-refractivity contribution in [3.05, 3.63) is 42.0 Å². The minimum Gasteiger partial charge on any atom is -0.496 e. The summed E-state index contributed by atoms with van der Waals surface area (Å²) in [6, 6.07) is 11.3. The van der Waals surface area contributed by atoms with Gasteiger partial charge in [-0.3, -0.25) is 9.59 Å². The van der Waals surface area contributed by atoms with E-state index in [1.165, 1.54) is 0 Å². The van der Waals surface area contributed by atoms with Crippen LogP contribution in [0.4, 0.5) is 0 Å². The van der Waals surface area contributed by atoms with Gasteiger partial charge in [-0.25, -0.2) is 0 Å². The average Bonchev–Trinajstić information content (AvgIpc) is 2.67. The van der Waals surface area contributed by atoms with Crippen LogP contribution in [0.2, 0.25) is 0 Å². The van der Waals surface area contributed by atoms with E-state index in [1.807, 2.05) is 30.3 Å². The second kappa shape index (κ2) is 7.55. The van der Waals surface area contributed by atoms with Crippen molar-refractivity contribution in [2.75, 3.05) is 26.8 Å². The zero-order chi connectivity index (χ0) is 17.8. The lowest BCUT2D eigenvalue weighted by molar-refractivity contribution is -0.149. The van der Waals surface area contributed by atoms with Crippen molar-refractivity contribution in [3.63, 3.8) is 0 Å². The zero-order valence-electron chi connectivity index (χ0n) is 14.7. The Balaban J connectivity index is 1.88. The fraction of sp³-hybridized carbons (Fsp3) is 0.400. The van der Waals surface area contributed by atoms with Crippen molar-refractivity contribution in [1.82, 2.24) is 4.90 Å².